The van der Waals surface area contributed by atoms with Gasteiger partial charge in [-0.05, 0) is 36.3 Å². The number of nitrogens with zero attached hydrogens (tertiary/aromatic N) is 1. The molecule has 2 saturated carbocycles. The number of anilines is 1. The average Bonchev–Trinajstić information content (AvgIpc) is 3.04. The standard InChI is InChI=1S/C17H18N2O2S/c1-16(2)10-7-8-17(16,13(20)9-10)14(21)19-15-18-11-5-3-4-6-12(11)22-15/h3-6,10H,7-9H2,1-2H3,(H,18,19,21). The first kappa shape index (κ1) is 13.9. The second-order valence-electron chi connectivity index (χ2n) is 6.93. The van der Waals surface area contributed by atoms with Crippen molar-refractivity contribution in [2.75, 3.05) is 5.32 Å². The summed E-state index contributed by atoms with van der Waals surface area (Å²) in [4.78, 5) is 29.9. The van der Waals surface area contributed by atoms with E-state index < -0.39 is 5.41 Å². The molecule has 2 aliphatic carbocycles. The molecule has 2 bridgehead atoms. The number of rotatable bonds is 2. The number of Topliss-reactive ketones (excluding diaryl/α,β-unsaturated/α-hetero) is 1. The lowest BCUT2D eigenvalue weighted by Gasteiger charge is -2.34. The number of nitrogens with one attached hydrogen (secondary N) is 1. The monoisotopic (exact) mass is 314 g/mol. The first-order valence-electron chi connectivity index (χ1n) is 7.65. The van der Waals surface area contributed by atoms with E-state index in [2.05, 4.69) is 24.1 Å². The molecule has 0 saturated heterocycles. The maximum absolute atomic E-state index is 12.9. The summed E-state index contributed by atoms with van der Waals surface area (Å²) >= 11 is 1.45. The summed E-state index contributed by atoms with van der Waals surface area (Å²) in [5.41, 5.74) is -0.248. The predicted molar refractivity (Wildman–Crippen MR) is 86.8 cm³/mol. The van der Waals surface area contributed by atoms with Crippen molar-refractivity contribution in [3.63, 3.8) is 0 Å². The van der Waals surface area contributed by atoms with E-state index in [1.54, 1.807) is 0 Å². The molecule has 1 heterocycles. The molecule has 2 unspecified atom stereocenters. The Balaban J connectivity index is 1.68. The van der Waals surface area contributed by atoms with E-state index in [1.165, 1.54) is 11.3 Å². The summed E-state index contributed by atoms with van der Waals surface area (Å²) < 4.78 is 1.04. The summed E-state index contributed by atoms with van der Waals surface area (Å²) in [7, 11) is 0. The zero-order valence-corrected chi connectivity index (χ0v) is 13.5. The number of aromatic nitrogens is 1. The van der Waals surface area contributed by atoms with Crippen LogP contribution in [-0.2, 0) is 9.59 Å². The van der Waals surface area contributed by atoms with Crippen LogP contribution in [0, 0.1) is 16.7 Å². The normalized spacial score (nSPS) is 29.2. The minimum Gasteiger partial charge on any atom is -0.301 e. The summed E-state index contributed by atoms with van der Waals surface area (Å²) in [5, 5.41) is 3.51. The Labute approximate surface area is 132 Å². The van der Waals surface area contributed by atoms with Crippen LogP contribution in [0.15, 0.2) is 24.3 Å². The lowest BCUT2D eigenvalue weighted by molar-refractivity contribution is -0.141. The van der Waals surface area contributed by atoms with E-state index in [1.807, 2.05) is 24.3 Å². The minimum atomic E-state index is -0.866. The number of carbonyl (C=O) groups excluding carboxylic acids is 2. The van der Waals surface area contributed by atoms with Crippen molar-refractivity contribution in [3.8, 4) is 0 Å². The molecule has 2 fully saturated rings. The molecule has 0 spiro atoms. The van der Waals surface area contributed by atoms with Crippen LogP contribution in [0.25, 0.3) is 10.2 Å². The van der Waals surface area contributed by atoms with Crippen LogP contribution >= 0.6 is 11.3 Å². The van der Waals surface area contributed by atoms with Crippen molar-refractivity contribution in [1.29, 1.82) is 0 Å². The van der Waals surface area contributed by atoms with Crippen LogP contribution in [-0.4, -0.2) is 16.7 Å². The van der Waals surface area contributed by atoms with E-state index in [9.17, 15) is 9.59 Å². The molecule has 1 N–H and O–H groups in total. The first-order valence-corrected chi connectivity index (χ1v) is 8.47. The number of fused-ring (bicyclic) bond motifs is 3. The summed E-state index contributed by atoms with van der Waals surface area (Å²) in [6.07, 6.45) is 2.17. The Morgan fingerprint density at radius 2 is 2.14 bits per heavy atom. The molecule has 1 amide bonds. The van der Waals surface area contributed by atoms with Crippen LogP contribution in [0.1, 0.15) is 33.1 Å². The highest BCUT2D eigenvalue weighted by molar-refractivity contribution is 7.22. The summed E-state index contributed by atoms with van der Waals surface area (Å²) in [6, 6.07) is 7.79. The number of ketones is 1. The van der Waals surface area contributed by atoms with Gasteiger partial charge in [-0.15, -0.1) is 0 Å². The smallest absolute Gasteiger partial charge is 0.240 e. The molecule has 5 heteroatoms. The molecule has 114 valence electrons. The fourth-order valence-electron chi connectivity index (χ4n) is 4.34. The molecule has 1 aromatic heterocycles. The maximum Gasteiger partial charge on any atom is 0.240 e. The molecule has 1 aromatic carbocycles. The minimum absolute atomic E-state index is 0.104. The van der Waals surface area contributed by atoms with Gasteiger partial charge in [0.1, 0.15) is 11.2 Å². The number of carbonyl (C=O) groups is 2. The molecule has 2 aromatic rings. The third kappa shape index (κ3) is 1.60. The van der Waals surface area contributed by atoms with Gasteiger partial charge in [-0.2, -0.15) is 0 Å². The summed E-state index contributed by atoms with van der Waals surface area (Å²) in [6.45, 7) is 4.13. The number of benzene rings is 1. The third-order valence-corrected chi connectivity index (χ3v) is 6.75. The van der Waals surface area contributed by atoms with Gasteiger partial charge in [0.15, 0.2) is 5.13 Å². The van der Waals surface area contributed by atoms with Gasteiger partial charge < -0.3 is 5.32 Å². The Morgan fingerprint density at radius 3 is 2.77 bits per heavy atom. The Bertz CT molecular complexity index is 762. The fraction of sp³-hybridized carbons (Fsp3) is 0.471. The largest absolute Gasteiger partial charge is 0.301 e. The Kier molecular flexibility index (Phi) is 2.77. The molecular formula is C17H18N2O2S. The van der Waals surface area contributed by atoms with E-state index >= 15 is 0 Å². The fourth-order valence-corrected chi connectivity index (χ4v) is 5.20. The molecule has 4 nitrogen and oxygen atoms in total. The molecule has 4 rings (SSSR count). The zero-order chi connectivity index (χ0) is 15.5. The molecule has 0 aliphatic heterocycles. The molecule has 2 atom stereocenters. The number of hydrogen-bond acceptors (Lipinski definition) is 4. The first-order chi connectivity index (χ1) is 10.4. The van der Waals surface area contributed by atoms with Crippen molar-refractivity contribution in [1.82, 2.24) is 4.98 Å². The van der Waals surface area contributed by atoms with Crippen molar-refractivity contribution in [2.24, 2.45) is 16.7 Å². The van der Waals surface area contributed by atoms with Crippen molar-refractivity contribution < 1.29 is 9.59 Å². The number of amides is 1. The molecule has 2 aliphatic rings. The van der Waals surface area contributed by atoms with E-state index in [-0.39, 0.29) is 17.1 Å². The number of thiazole rings is 1. The van der Waals surface area contributed by atoms with E-state index in [0.29, 0.717) is 23.9 Å². The quantitative estimate of drug-likeness (QED) is 0.861. The van der Waals surface area contributed by atoms with Gasteiger partial charge in [-0.3, -0.25) is 9.59 Å². The van der Waals surface area contributed by atoms with E-state index in [0.717, 1.165) is 16.6 Å². The van der Waals surface area contributed by atoms with Gasteiger partial charge in [0.25, 0.3) is 0 Å². The van der Waals surface area contributed by atoms with E-state index in [4.69, 9.17) is 0 Å². The third-order valence-electron chi connectivity index (χ3n) is 5.80. The van der Waals surface area contributed by atoms with Crippen molar-refractivity contribution >= 4 is 38.4 Å². The second-order valence-corrected chi connectivity index (χ2v) is 7.96. The number of hydrogen-bond donors (Lipinski definition) is 1. The van der Waals surface area contributed by atoms with Gasteiger partial charge in [0.2, 0.25) is 5.91 Å². The SMILES string of the molecule is CC1(C)C2CCC1(C(=O)Nc1nc3ccccc3s1)C(=O)C2. The zero-order valence-electron chi connectivity index (χ0n) is 12.7. The maximum atomic E-state index is 12.9. The van der Waals surface area contributed by atoms with Gasteiger partial charge in [-0.1, -0.05) is 37.3 Å². The van der Waals surface area contributed by atoms with Crippen LogP contribution in [0.5, 0.6) is 0 Å². The Morgan fingerprint density at radius 1 is 1.36 bits per heavy atom. The average molecular weight is 314 g/mol. The van der Waals surface area contributed by atoms with Gasteiger partial charge in [0.05, 0.1) is 10.2 Å². The second kappa shape index (κ2) is 4.38. The number of para-hydroxylation sites is 1. The molecule has 0 radical (unpaired) electrons. The summed E-state index contributed by atoms with van der Waals surface area (Å²) in [5.74, 6) is 0.273. The van der Waals surface area contributed by atoms with Gasteiger partial charge in [-0.25, -0.2) is 4.98 Å². The van der Waals surface area contributed by atoms with Gasteiger partial charge in [0, 0.05) is 6.42 Å². The van der Waals surface area contributed by atoms with Crippen molar-refractivity contribution in [2.45, 2.75) is 33.1 Å². The Hall–Kier alpha value is -1.75. The molecular weight excluding hydrogens is 296 g/mol. The lowest BCUT2D eigenvalue weighted by Crippen LogP contribution is -2.46. The predicted octanol–water partition coefficient (Wildman–Crippen LogP) is 3.63. The highest BCUT2D eigenvalue weighted by atomic mass is 32.1. The topological polar surface area (TPSA) is 59.1 Å². The van der Waals surface area contributed by atoms with Crippen LogP contribution in [0.2, 0.25) is 0 Å². The van der Waals surface area contributed by atoms with Crippen molar-refractivity contribution in [3.05, 3.63) is 24.3 Å². The van der Waals surface area contributed by atoms with Crippen LogP contribution in [0.3, 0.4) is 0 Å². The highest BCUT2D eigenvalue weighted by Gasteiger charge is 2.68. The lowest BCUT2D eigenvalue weighted by atomic mass is 9.68. The van der Waals surface area contributed by atoms with Crippen LogP contribution in [0.4, 0.5) is 5.13 Å². The molecule has 22 heavy (non-hydrogen) atoms. The highest BCUT2D eigenvalue weighted by Crippen LogP contribution is 2.64. The van der Waals surface area contributed by atoms with Gasteiger partial charge >= 0.3 is 0 Å². The van der Waals surface area contributed by atoms with Crippen LogP contribution < -0.4 is 5.32 Å².